The molecule has 32 heavy (non-hydrogen) atoms. The number of nitrogens with one attached hydrogen (secondary N) is 1. The van der Waals surface area contributed by atoms with E-state index >= 15 is 0 Å². The molecule has 10 nitrogen and oxygen atoms in total. The van der Waals surface area contributed by atoms with Crippen LogP contribution in [-0.2, 0) is 14.6 Å². The number of carbonyl (C=O) groups is 3. The van der Waals surface area contributed by atoms with Crippen molar-refractivity contribution in [1.29, 1.82) is 0 Å². The van der Waals surface area contributed by atoms with E-state index < -0.39 is 39.4 Å². The van der Waals surface area contributed by atoms with Crippen molar-refractivity contribution in [1.82, 2.24) is 9.88 Å². The van der Waals surface area contributed by atoms with Gasteiger partial charge >= 0.3 is 0 Å². The minimum atomic E-state index is -3.64. The van der Waals surface area contributed by atoms with Crippen molar-refractivity contribution in [2.45, 2.75) is 19.9 Å². The monoisotopic (exact) mass is 461 g/mol. The molecule has 0 bridgehead atoms. The molecule has 3 rings (SSSR count). The number of imide groups is 1. The highest BCUT2D eigenvalue weighted by atomic mass is 32.2. The van der Waals surface area contributed by atoms with Gasteiger partial charge in [0.2, 0.25) is 5.91 Å². The van der Waals surface area contributed by atoms with Gasteiger partial charge in [-0.15, -0.1) is 0 Å². The molecule has 3 amide bonds. The number of hydrogen-bond acceptors (Lipinski definition) is 8. The van der Waals surface area contributed by atoms with Crippen LogP contribution in [0.25, 0.3) is 0 Å². The van der Waals surface area contributed by atoms with Gasteiger partial charge in [0, 0.05) is 13.2 Å². The number of methoxy groups -OCH3 is 1. The van der Waals surface area contributed by atoms with Crippen LogP contribution in [0.5, 0.6) is 11.6 Å². The second-order valence-electron chi connectivity index (χ2n) is 7.17. The zero-order valence-electron chi connectivity index (χ0n) is 18.0. The van der Waals surface area contributed by atoms with E-state index in [0.29, 0.717) is 5.75 Å². The third-order valence-electron chi connectivity index (χ3n) is 4.72. The van der Waals surface area contributed by atoms with Gasteiger partial charge in [0.05, 0.1) is 48.0 Å². The van der Waals surface area contributed by atoms with Gasteiger partial charge < -0.3 is 14.8 Å². The molecule has 0 saturated carbocycles. The van der Waals surface area contributed by atoms with Crippen LogP contribution in [0.15, 0.2) is 30.3 Å². The first-order valence-electron chi connectivity index (χ1n) is 9.71. The summed E-state index contributed by atoms with van der Waals surface area (Å²) in [6, 6.07) is 6.28. The molecule has 0 aliphatic carbocycles. The number of rotatable bonds is 8. The Kier molecular flexibility index (Phi) is 6.49. The van der Waals surface area contributed by atoms with Crippen LogP contribution >= 0.6 is 0 Å². The number of benzene rings is 1. The molecule has 0 fully saturated rings. The number of aromatic nitrogens is 1. The van der Waals surface area contributed by atoms with Crippen LogP contribution in [-0.4, -0.2) is 61.7 Å². The molecule has 1 aromatic heterocycles. The van der Waals surface area contributed by atoms with Crippen LogP contribution in [0, 0.1) is 0 Å². The van der Waals surface area contributed by atoms with E-state index in [9.17, 15) is 22.8 Å². The quantitative estimate of drug-likeness (QED) is 0.589. The molecule has 0 saturated heterocycles. The van der Waals surface area contributed by atoms with Gasteiger partial charge in [-0.1, -0.05) is 6.07 Å². The van der Waals surface area contributed by atoms with Crippen LogP contribution < -0.4 is 14.8 Å². The summed E-state index contributed by atoms with van der Waals surface area (Å²) in [6.07, 6.45) is 1.01. The van der Waals surface area contributed by atoms with Gasteiger partial charge in [-0.3, -0.25) is 19.3 Å². The fourth-order valence-electron chi connectivity index (χ4n) is 3.48. The number of carbonyl (C=O) groups excluding carboxylic acids is 3. The Hall–Kier alpha value is -3.47. The molecular formula is C21H23N3O7S. The first-order valence-corrected chi connectivity index (χ1v) is 11.8. The molecule has 1 atom stereocenters. The fourth-order valence-corrected chi connectivity index (χ4v) is 4.38. The molecule has 1 N–H and O–H groups in total. The summed E-state index contributed by atoms with van der Waals surface area (Å²) in [4.78, 5) is 43.3. The van der Waals surface area contributed by atoms with Crippen molar-refractivity contribution in [2.75, 3.05) is 31.0 Å². The van der Waals surface area contributed by atoms with E-state index in [2.05, 4.69) is 10.3 Å². The number of fused-ring (bicyclic) bond motifs is 1. The van der Waals surface area contributed by atoms with Gasteiger partial charge in [-0.05, 0) is 31.2 Å². The van der Waals surface area contributed by atoms with Crippen LogP contribution in [0.2, 0.25) is 0 Å². The highest BCUT2D eigenvalue weighted by Gasteiger charge is 2.44. The minimum Gasteiger partial charge on any atom is -0.491 e. The van der Waals surface area contributed by atoms with Crippen molar-refractivity contribution in [3.05, 3.63) is 47.2 Å². The van der Waals surface area contributed by atoms with E-state index in [1.807, 2.05) is 0 Å². The average Bonchev–Trinajstić information content (AvgIpc) is 2.96. The maximum absolute atomic E-state index is 13.3. The first-order chi connectivity index (χ1) is 15.1. The summed E-state index contributed by atoms with van der Waals surface area (Å²) >= 11 is 0. The summed E-state index contributed by atoms with van der Waals surface area (Å²) in [5, 5.41) is 2.54. The van der Waals surface area contributed by atoms with E-state index in [0.717, 1.165) is 11.2 Å². The molecule has 1 aliphatic heterocycles. The molecule has 1 unspecified atom stereocenters. The summed E-state index contributed by atoms with van der Waals surface area (Å²) in [5.74, 6) is -1.92. The summed E-state index contributed by atoms with van der Waals surface area (Å²) < 4.78 is 35.1. The summed E-state index contributed by atoms with van der Waals surface area (Å²) in [6.45, 7) is 3.30. The Labute approximate surface area is 185 Å². The van der Waals surface area contributed by atoms with Crippen molar-refractivity contribution >= 4 is 33.2 Å². The molecule has 2 heterocycles. The Morgan fingerprint density at radius 3 is 2.50 bits per heavy atom. The van der Waals surface area contributed by atoms with E-state index in [4.69, 9.17) is 9.47 Å². The second-order valence-corrected chi connectivity index (χ2v) is 9.36. The Morgan fingerprint density at radius 2 is 1.91 bits per heavy atom. The second kappa shape index (κ2) is 8.95. The predicted octanol–water partition coefficient (Wildman–Crippen LogP) is 1.83. The standard InChI is InChI=1S/C21H23N3O7S/c1-5-31-19-17(30-3)10-9-14(23-19)16(11-32(4,28)29)24-20(26)13-7-6-8-15(22-12(2)25)18(13)21(24)27/h6-10,16H,5,11H2,1-4H3,(H,22,25). The molecular weight excluding hydrogens is 438 g/mol. The third kappa shape index (κ3) is 4.57. The van der Waals surface area contributed by atoms with E-state index in [1.165, 1.54) is 44.4 Å². The minimum absolute atomic E-state index is 0.00439. The normalized spacial score (nSPS) is 14.2. The Bertz CT molecular complexity index is 1190. The lowest BCUT2D eigenvalue weighted by molar-refractivity contribution is -0.114. The molecule has 170 valence electrons. The number of nitrogens with zero attached hydrogens (tertiary/aromatic N) is 2. The maximum atomic E-state index is 13.3. The highest BCUT2D eigenvalue weighted by Crippen LogP contribution is 2.37. The van der Waals surface area contributed by atoms with Crippen molar-refractivity contribution in [3.63, 3.8) is 0 Å². The smallest absolute Gasteiger partial charge is 0.264 e. The van der Waals surface area contributed by atoms with Crippen LogP contribution in [0.1, 0.15) is 46.3 Å². The maximum Gasteiger partial charge on any atom is 0.264 e. The first kappa shape index (κ1) is 23.2. The predicted molar refractivity (Wildman–Crippen MR) is 116 cm³/mol. The fraction of sp³-hybridized carbons (Fsp3) is 0.333. The molecule has 11 heteroatoms. The lowest BCUT2D eigenvalue weighted by Gasteiger charge is -2.26. The number of sulfone groups is 1. The van der Waals surface area contributed by atoms with Crippen molar-refractivity contribution in [3.8, 4) is 11.6 Å². The van der Waals surface area contributed by atoms with Gasteiger partial charge in [0.15, 0.2) is 5.75 Å². The lowest BCUT2D eigenvalue weighted by atomic mass is 10.1. The zero-order chi connectivity index (χ0) is 23.6. The Balaban J connectivity index is 2.13. The van der Waals surface area contributed by atoms with Crippen LogP contribution in [0.4, 0.5) is 5.69 Å². The van der Waals surface area contributed by atoms with E-state index in [-0.39, 0.29) is 35.0 Å². The Morgan fingerprint density at radius 1 is 1.19 bits per heavy atom. The van der Waals surface area contributed by atoms with Crippen molar-refractivity contribution in [2.24, 2.45) is 0 Å². The van der Waals surface area contributed by atoms with Gasteiger partial charge in [-0.25, -0.2) is 13.4 Å². The van der Waals surface area contributed by atoms with Crippen LogP contribution in [0.3, 0.4) is 0 Å². The number of ether oxygens (including phenoxy) is 2. The SMILES string of the molecule is CCOc1nc(C(CS(C)(=O)=O)N2C(=O)c3cccc(NC(C)=O)c3C2=O)ccc1OC. The highest BCUT2D eigenvalue weighted by molar-refractivity contribution is 7.90. The largest absolute Gasteiger partial charge is 0.491 e. The van der Waals surface area contributed by atoms with Gasteiger partial charge in [0.25, 0.3) is 17.7 Å². The third-order valence-corrected chi connectivity index (χ3v) is 5.64. The lowest BCUT2D eigenvalue weighted by Crippen LogP contribution is -2.38. The average molecular weight is 461 g/mol. The number of pyridine rings is 1. The molecule has 2 aromatic rings. The molecule has 0 radical (unpaired) electrons. The summed E-state index contributed by atoms with van der Waals surface area (Å²) in [7, 11) is -2.21. The topological polar surface area (TPSA) is 132 Å². The van der Waals surface area contributed by atoms with Gasteiger partial charge in [-0.2, -0.15) is 0 Å². The van der Waals surface area contributed by atoms with E-state index in [1.54, 1.807) is 6.92 Å². The number of anilines is 1. The van der Waals surface area contributed by atoms with Crippen molar-refractivity contribution < 1.29 is 32.3 Å². The zero-order valence-corrected chi connectivity index (χ0v) is 18.9. The van der Waals surface area contributed by atoms with Gasteiger partial charge in [0.1, 0.15) is 9.84 Å². The molecule has 1 aromatic carbocycles. The molecule has 0 spiro atoms. The molecule has 1 aliphatic rings. The number of amides is 3. The number of hydrogen-bond donors (Lipinski definition) is 1. The summed E-state index contributed by atoms with van der Waals surface area (Å²) in [5.41, 5.74) is 0.393.